The van der Waals surface area contributed by atoms with Crippen LogP contribution >= 0.6 is 0 Å². The largest absolute Gasteiger partial charge is 0.188 e. The molecule has 2 nitrogen and oxygen atoms in total. The van der Waals surface area contributed by atoms with Crippen molar-refractivity contribution in [3.05, 3.63) is 0 Å². The molecule has 0 N–H and O–H groups in total. The summed E-state index contributed by atoms with van der Waals surface area (Å²) in [5.41, 5.74) is 0. The van der Waals surface area contributed by atoms with Gasteiger partial charge in [0.2, 0.25) is 0 Å². The van der Waals surface area contributed by atoms with E-state index in [0.29, 0.717) is 12.1 Å². The molecule has 0 bridgehead atoms. The molecule has 11 heavy (non-hydrogen) atoms. The minimum atomic E-state index is 0.619. The third kappa shape index (κ3) is 1.60. The maximum Gasteiger partial charge on any atom is 0.0949 e. The lowest BCUT2D eigenvalue weighted by molar-refractivity contribution is 0.356. The molecule has 0 aromatic heterocycles. The fraction of sp³-hybridized carbons (Fsp3) is 1.00. The van der Waals surface area contributed by atoms with E-state index in [1.165, 1.54) is 44.9 Å². The van der Waals surface area contributed by atoms with Crippen molar-refractivity contribution in [3.8, 4) is 0 Å². The second kappa shape index (κ2) is 3.33. The Balaban J connectivity index is 1.86. The fourth-order valence-electron chi connectivity index (χ4n) is 1.99. The molecular weight excluding hydrogens is 136 g/mol. The van der Waals surface area contributed by atoms with Gasteiger partial charge in [-0.3, -0.25) is 0 Å². The number of azo groups is 1. The molecule has 2 atom stereocenters. The smallest absolute Gasteiger partial charge is 0.0949 e. The highest BCUT2D eigenvalue weighted by molar-refractivity contribution is 4.87. The standard InChI is InChI=1S/C9H16N2/c1-2-4-6-8-9(11-10-8)7-5-3-1/h8-9H,1-7H2. The molecule has 2 unspecified atom stereocenters. The van der Waals surface area contributed by atoms with Crippen molar-refractivity contribution < 1.29 is 0 Å². The average molecular weight is 152 g/mol. The van der Waals surface area contributed by atoms with Crippen LogP contribution in [0.5, 0.6) is 0 Å². The summed E-state index contributed by atoms with van der Waals surface area (Å²) in [6.07, 6.45) is 9.61. The van der Waals surface area contributed by atoms with Gasteiger partial charge < -0.3 is 0 Å². The van der Waals surface area contributed by atoms with Crippen molar-refractivity contribution in [3.63, 3.8) is 0 Å². The Hall–Kier alpha value is -0.400. The molecule has 1 heterocycles. The number of nitrogens with zero attached hydrogens (tertiary/aromatic N) is 2. The van der Waals surface area contributed by atoms with E-state index in [2.05, 4.69) is 10.2 Å². The summed E-state index contributed by atoms with van der Waals surface area (Å²) >= 11 is 0. The Bertz CT molecular complexity index is 138. The predicted octanol–water partition coefficient (Wildman–Crippen LogP) is 2.93. The van der Waals surface area contributed by atoms with Gasteiger partial charge in [0.25, 0.3) is 0 Å². The van der Waals surface area contributed by atoms with E-state index in [9.17, 15) is 0 Å². The molecule has 2 aliphatic rings. The monoisotopic (exact) mass is 152 g/mol. The van der Waals surface area contributed by atoms with Crippen LogP contribution in [0, 0.1) is 0 Å². The van der Waals surface area contributed by atoms with Gasteiger partial charge in [0.1, 0.15) is 0 Å². The van der Waals surface area contributed by atoms with Crippen LogP contribution in [-0.4, -0.2) is 12.1 Å². The summed E-state index contributed by atoms with van der Waals surface area (Å²) in [6, 6.07) is 1.24. The van der Waals surface area contributed by atoms with Gasteiger partial charge in [0.05, 0.1) is 12.1 Å². The maximum absolute atomic E-state index is 4.16. The van der Waals surface area contributed by atoms with Gasteiger partial charge in [0, 0.05) is 0 Å². The second-order valence-electron chi connectivity index (χ2n) is 3.71. The molecular formula is C9H16N2. The van der Waals surface area contributed by atoms with Crippen LogP contribution in [-0.2, 0) is 0 Å². The number of rotatable bonds is 0. The van der Waals surface area contributed by atoms with Gasteiger partial charge in [-0.2, -0.15) is 10.2 Å². The first-order chi connectivity index (χ1) is 5.47. The lowest BCUT2D eigenvalue weighted by Crippen LogP contribution is -2.29. The third-order valence-electron chi connectivity index (χ3n) is 2.81. The van der Waals surface area contributed by atoms with E-state index in [-0.39, 0.29) is 0 Å². The maximum atomic E-state index is 4.16. The van der Waals surface area contributed by atoms with Gasteiger partial charge >= 0.3 is 0 Å². The first-order valence-corrected chi connectivity index (χ1v) is 4.87. The van der Waals surface area contributed by atoms with Gasteiger partial charge in [-0.05, 0) is 12.8 Å². The SMILES string of the molecule is C1CCCC2N=NC2CCC1. The third-order valence-corrected chi connectivity index (χ3v) is 2.81. The minimum absolute atomic E-state index is 0.619. The van der Waals surface area contributed by atoms with Crippen molar-refractivity contribution >= 4 is 0 Å². The van der Waals surface area contributed by atoms with E-state index in [0.717, 1.165) is 0 Å². The molecule has 2 heteroatoms. The molecule has 2 rings (SSSR count). The molecule has 0 amide bonds. The first kappa shape index (κ1) is 7.26. The van der Waals surface area contributed by atoms with Crippen molar-refractivity contribution in [2.24, 2.45) is 10.2 Å². The average Bonchev–Trinajstić information content (AvgIpc) is 2.04. The van der Waals surface area contributed by atoms with E-state index in [1.807, 2.05) is 0 Å². The molecule has 1 saturated carbocycles. The zero-order chi connectivity index (χ0) is 7.52. The van der Waals surface area contributed by atoms with Crippen LogP contribution in [0.3, 0.4) is 0 Å². The minimum Gasteiger partial charge on any atom is -0.188 e. The number of hydrogen-bond donors (Lipinski definition) is 0. The zero-order valence-corrected chi connectivity index (χ0v) is 7.00. The van der Waals surface area contributed by atoms with E-state index in [1.54, 1.807) is 0 Å². The van der Waals surface area contributed by atoms with Crippen molar-refractivity contribution in [1.29, 1.82) is 0 Å². The Morgan fingerprint density at radius 2 is 1.09 bits per heavy atom. The summed E-state index contributed by atoms with van der Waals surface area (Å²) < 4.78 is 0. The van der Waals surface area contributed by atoms with Crippen molar-refractivity contribution in [2.45, 2.75) is 57.0 Å². The Labute approximate surface area is 68.1 Å². The lowest BCUT2D eigenvalue weighted by atomic mass is 9.98. The van der Waals surface area contributed by atoms with Crippen molar-refractivity contribution in [2.75, 3.05) is 0 Å². The van der Waals surface area contributed by atoms with Crippen LogP contribution in [0.15, 0.2) is 10.2 Å². The summed E-state index contributed by atoms with van der Waals surface area (Å²) in [6.45, 7) is 0. The molecule has 0 aromatic rings. The zero-order valence-electron chi connectivity index (χ0n) is 7.00. The summed E-state index contributed by atoms with van der Waals surface area (Å²) in [5.74, 6) is 0. The van der Waals surface area contributed by atoms with Crippen LogP contribution < -0.4 is 0 Å². The quantitative estimate of drug-likeness (QED) is 0.510. The summed E-state index contributed by atoms with van der Waals surface area (Å²) in [7, 11) is 0. The Morgan fingerprint density at radius 1 is 0.636 bits per heavy atom. The topological polar surface area (TPSA) is 24.7 Å². The van der Waals surface area contributed by atoms with Crippen molar-refractivity contribution in [1.82, 2.24) is 0 Å². The van der Waals surface area contributed by atoms with Gasteiger partial charge in [0.15, 0.2) is 0 Å². The number of hydrogen-bond acceptors (Lipinski definition) is 2. The van der Waals surface area contributed by atoms with Gasteiger partial charge in [-0.1, -0.05) is 32.1 Å². The predicted molar refractivity (Wildman–Crippen MR) is 44.8 cm³/mol. The lowest BCUT2D eigenvalue weighted by Gasteiger charge is -2.25. The highest BCUT2D eigenvalue weighted by atomic mass is 15.2. The molecule has 1 aliphatic heterocycles. The molecule has 0 radical (unpaired) electrons. The van der Waals surface area contributed by atoms with E-state index in [4.69, 9.17) is 0 Å². The highest BCUT2D eigenvalue weighted by Crippen LogP contribution is 2.27. The summed E-state index contributed by atoms with van der Waals surface area (Å²) in [4.78, 5) is 0. The molecule has 1 fully saturated rings. The normalized spacial score (nSPS) is 37.8. The van der Waals surface area contributed by atoms with E-state index < -0.39 is 0 Å². The van der Waals surface area contributed by atoms with Crippen LogP contribution in [0.1, 0.15) is 44.9 Å². The van der Waals surface area contributed by atoms with Gasteiger partial charge in [-0.25, -0.2) is 0 Å². The highest BCUT2D eigenvalue weighted by Gasteiger charge is 2.27. The Morgan fingerprint density at radius 3 is 1.55 bits per heavy atom. The second-order valence-corrected chi connectivity index (χ2v) is 3.71. The van der Waals surface area contributed by atoms with E-state index >= 15 is 0 Å². The molecule has 0 saturated heterocycles. The fourth-order valence-corrected chi connectivity index (χ4v) is 1.99. The van der Waals surface area contributed by atoms with Crippen LogP contribution in [0.2, 0.25) is 0 Å². The van der Waals surface area contributed by atoms with Crippen LogP contribution in [0.25, 0.3) is 0 Å². The van der Waals surface area contributed by atoms with Crippen LogP contribution in [0.4, 0.5) is 0 Å². The molecule has 62 valence electrons. The number of fused-ring (bicyclic) bond motifs is 1. The first-order valence-electron chi connectivity index (χ1n) is 4.87. The molecule has 1 aliphatic carbocycles. The van der Waals surface area contributed by atoms with Gasteiger partial charge in [-0.15, -0.1) is 0 Å². The molecule has 0 spiro atoms. The summed E-state index contributed by atoms with van der Waals surface area (Å²) in [5, 5.41) is 8.32. The molecule has 0 aromatic carbocycles. The Kier molecular flexibility index (Phi) is 2.20.